The van der Waals surface area contributed by atoms with Gasteiger partial charge in [0, 0.05) is 34.1 Å². The third-order valence-electron chi connectivity index (χ3n) is 11.1. The van der Waals surface area contributed by atoms with Crippen LogP contribution in [0.2, 0.25) is 0 Å². The molecule has 0 aliphatic heterocycles. The number of carbonyl (C=O) groups excluding carboxylic acids is 2. The Morgan fingerprint density at radius 3 is 1.02 bits per heavy atom. The summed E-state index contributed by atoms with van der Waals surface area (Å²) in [6, 6.07) is 22.1. The van der Waals surface area contributed by atoms with Crippen LogP contribution in [0.3, 0.4) is 0 Å². The van der Waals surface area contributed by atoms with Crippen LogP contribution in [0, 0.1) is 47.3 Å². The number of allylic oxidation sites excluding steroid dienone is 4. The molecule has 0 saturated carbocycles. The number of carbonyl (C=O) groups is 2. The van der Waals surface area contributed by atoms with Crippen LogP contribution in [0.25, 0.3) is 11.5 Å². The maximum Gasteiger partial charge on any atom is 0.185 e. The van der Waals surface area contributed by atoms with E-state index in [1.54, 1.807) is 0 Å². The van der Waals surface area contributed by atoms with E-state index in [2.05, 4.69) is 107 Å². The first-order chi connectivity index (χ1) is 27.9. The quantitative estimate of drug-likeness (QED) is 0.157. The number of aryl methyl sites for hydroxylation is 2. The molecule has 0 bridgehead atoms. The van der Waals surface area contributed by atoms with Gasteiger partial charge in [-0.2, -0.15) is 20.5 Å². The van der Waals surface area contributed by atoms with Gasteiger partial charge in [-0.05, 0) is 83.0 Å². The maximum absolute atomic E-state index is 14.0. The second-order valence-corrected chi connectivity index (χ2v) is 20.4. The van der Waals surface area contributed by atoms with Crippen LogP contribution < -0.4 is 0 Å². The summed E-state index contributed by atoms with van der Waals surface area (Å²) in [6.45, 7) is 28.9. The van der Waals surface area contributed by atoms with Gasteiger partial charge in [0.05, 0.1) is 11.4 Å². The molecule has 2 aliphatic rings. The van der Waals surface area contributed by atoms with Crippen molar-refractivity contribution in [2.75, 3.05) is 0 Å². The van der Waals surface area contributed by atoms with E-state index in [1.165, 1.54) is 0 Å². The van der Waals surface area contributed by atoms with Crippen molar-refractivity contribution in [2.24, 2.45) is 54.0 Å². The van der Waals surface area contributed by atoms with Gasteiger partial charge in [-0.1, -0.05) is 144 Å². The Bertz CT molecular complexity index is 2190. The SMILES string of the molecule is Cc1cc(C(/N=N/c2ccccc2)C2C=C(C(C)(C)C)C(=O)C(C(C)(C)C)=C2)oc1-c1oc(C(/N=N/c2ccccc2)C2C=C(C(C)(C)C)C(=O)C(C(C)(C)C)=C2)cc1C. The van der Waals surface area contributed by atoms with E-state index < -0.39 is 33.7 Å². The largest absolute Gasteiger partial charge is 0.455 e. The standard InChI is InChI=1S/C52H62N4O4/c1-31-25-41(43(55-53-35-21-17-15-18-22-35)33-27-37(49(3,4)5)45(57)38(28-33)50(6,7)8)59-47(31)48-32(2)26-42(60-48)44(56-54-36-23-19-16-20-24-36)34-29-39(51(9,10)11)46(58)40(30-34)52(12,13)14/h15-30,33-34,43-44H,1-14H3/b55-53+,56-54+. The summed E-state index contributed by atoms with van der Waals surface area (Å²) in [5.74, 6) is 1.88. The molecule has 2 unspecified atom stereocenters. The summed E-state index contributed by atoms with van der Waals surface area (Å²) in [5.41, 5.74) is 4.63. The van der Waals surface area contributed by atoms with Crippen molar-refractivity contribution in [2.45, 2.75) is 109 Å². The maximum atomic E-state index is 14.0. The second-order valence-electron chi connectivity index (χ2n) is 20.4. The third-order valence-corrected chi connectivity index (χ3v) is 11.1. The van der Waals surface area contributed by atoms with E-state index in [1.807, 2.05) is 86.6 Å². The Labute approximate surface area is 356 Å². The zero-order valence-corrected chi connectivity index (χ0v) is 38.0. The predicted molar refractivity (Wildman–Crippen MR) is 240 cm³/mol. The fraction of sp³-hybridized carbons (Fsp3) is 0.423. The topological polar surface area (TPSA) is 110 Å². The minimum atomic E-state index is -0.579. The van der Waals surface area contributed by atoms with Gasteiger partial charge in [-0.15, -0.1) is 0 Å². The number of furan rings is 2. The van der Waals surface area contributed by atoms with Crippen molar-refractivity contribution in [3.05, 3.63) is 142 Å². The first kappa shape index (κ1) is 44.1. The molecule has 4 aromatic rings. The predicted octanol–water partition coefficient (Wildman–Crippen LogP) is 15.1. The number of nitrogens with zero attached hydrogens (tertiary/aromatic N) is 4. The van der Waals surface area contributed by atoms with Gasteiger partial charge < -0.3 is 8.83 Å². The van der Waals surface area contributed by atoms with Crippen molar-refractivity contribution in [3.8, 4) is 11.5 Å². The normalized spacial score (nSPS) is 17.6. The molecular weight excluding hydrogens is 745 g/mol. The molecule has 6 rings (SSSR count). The van der Waals surface area contributed by atoms with Gasteiger partial charge >= 0.3 is 0 Å². The summed E-state index contributed by atoms with van der Waals surface area (Å²) in [4.78, 5) is 27.9. The van der Waals surface area contributed by atoms with Crippen LogP contribution >= 0.6 is 0 Å². The first-order valence-corrected chi connectivity index (χ1v) is 21.0. The molecule has 0 spiro atoms. The highest BCUT2D eigenvalue weighted by molar-refractivity contribution is 6.11. The van der Waals surface area contributed by atoms with Gasteiger partial charge in [0.2, 0.25) is 0 Å². The lowest BCUT2D eigenvalue weighted by Crippen LogP contribution is -2.30. The molecule has 0 amide bonds. The summed E-state index contributed by atoms with van der Waals surface area (Å²) in [6.07, 6.45) is 8.21. The van der Waals surface area contributed by atoms with Crippen LogP contribution in [0.5, 0.6) is 0 Å². The van der Waals surface area contributed by atoms with Crippen LogP contribution in [0.4, 0.5) is 11.4 Å². The van der Waals surface area contributed by atoms with Gasteiger partial charge in [0.15, 0.2) is 23.1 Å². The molecule has 2 heterocycles. The van der Waals surface area contributed by atoms with E-state index in [-0.39, 0.29) is 23.4 Å². The molecule has 2 aromatic carbocycles. The van der Waals surface area contributed by atoms with Crippen LogP contribution in [0.15, 0.2) is 149 Å². The van der Waals surface area contributed by atoms with Crippen molar-refractivity contribution in [1.82, 2.24) is 0 Å². The highest BCUT2D eigenvalue weighted by Crippen LogP contribution is 2.47. The van der Waals surface area contributed by atoms with Gasteiger partial charge in [0.25, 0.3) is 0 Å². The van der Waals surface area contributed by atoms with Gasteiger partial charge in [-0.25, -0.2) is 0 Å². The van der Waals surface area contributed by atoms with E-state index >= 15 is 0 Å². The zero-order valence-electron chi connectivity index (χ0n) is 38.0. The van der Waals surface area contributed by atoms with Crippen LogP contribution in [0.1, 0.15) is 118 Å². The summed E-state index contributed by atoms with van der Waals surface area (Å²) in [5, 5.41) is 19.3. The average molecular weight is 807 g/mol. The third kappa shape index (κ3) is 9.59. The molecule has 0 fully saturated rings. The smallest absolute Gasteiger partial charge is 0.185 e. The van der Waals surface area contributed by atoms with Crippen LogP contribution in [-0.4, -0.2) is 11.6 Å². The Hall–Kier alpha value is -5.50. The highest BCUT2D eigenvalue weighted by Gasteiger charge is 2.40. The number of azo groups is 2. The Kier molecular flexibility index (Phi) is 12.1. The molecule has 2 aliphatic carbocycles. The molecule has 0 saturated heterocycles. The van der Waals surface area contributed by atoms with Gasteiger partial charge in [0.1, 0.15) is 23.6 Å². The van der Waals surface area contributed by atoms with E-state index in [0.29, 0.717) is 23.0 Å². The molecule has 0 N–H and O–H groups in total. The van der Waals surface area contributed by atoms with Crippen molar-refractivity contribution >= 4 is 22.9 Å². The Morgan fingerprint density at radius 2 is 0.750 bits per heavy atom. The van der Waals surface area contributed by atoms with Gasteiger partial charge in [-0.3, -0.25) is 9.59 Å². The Morgan fingerprint density at radius 1 is 0.467 bits per heavy atom. The summed E-state index contributed by atoms with van der Waals surface area (Å²) in [7, 11) is 0. The van der Waals surface area contributed by atoms with Crippen molar-refractivity contribution in [1.29, 1.82) is 0 Å². The van der Waals surface area contributed by atoms with E-state index in [9.17, 15) is 9.59 Å². The number of benzene rings is 2. The number of hydrogen-bond acceptors (Lipinski definition) is 8. The van der Waals surface area contributed by atoms with Crippen molar-refractivity contribution < 1.29 is 18.4 Å². The second kappa shape index (κ2) is 16.5. The van der Waals surface area contributed by atoms with E-state index in [0.717, 1.165) is 44.8 Å². The monoisotopic (exact) mass is 806 g/mol. The molecule has 60 heavy (non-hydrogen) atoms. The van der Waals surface area contributed by atoms with Crippen LogP contribution in [-0.2, 0) is 9.59 Å². The molecule has 314 valence electrons. The molecule has 2 aromatic heterocycles. The van der Waals surface area contributed by atoms with E-state index in [4.69, 9.17) is 29.3 Å². The fourth-order valence-corrected chi connectivity index (χ4v) is 7.84. The molecule has 0 radical (unpaired) electrons. The minimum Gasteiger partial charge on any atom is -0.455 e. The fourth-order valence-electron chi connectivity index (χ4n) is 7.84. The molecule has 8 nitrogen and oxygen atoms in total. The summed E-state index contributed by atoms with van der Waals surface area (Å²) >= 11 is 0. The lowest BCUT2D eigenvalue weighted by Gasteiger charge is -2.34. The molecular formula is C52H62N4O4. The first-order valence-electron chi connectivity index (χ1n) is 21.0. The number of ketones is 2. The lowest BCUT2D eigenvalue weighted by atomic mass is 9.69. The summed E-state index contributed by atoms with van der Waals surface area (Å²) < 4.78 is 13.7. The number of rotatable bonds is 9. The molecule has 2 atom stereocenters. The number of Topliss-reactive ketones (excluding diaryl/α,β-unsaturated/α-hetero) is 2. The number of hydrogen-bond donors (Lipinski definition) is 0. The Balaban J connectivity index is 1.49. The van der Waals surface area contributed by atoms with Crippen molar-refractivity contribution in [3.63, 3.8) is 0 Å². The molecule has 8 heteroatoms. The minimum absolute atomic E-state index is 0.0651. The highest BCUT2D eigenvalue weighted by atomic mass is 16.4. The average Bonchev–Trinajstić information content (AvgIpc) is 3.72. The zero-order chi connectivity index (χ0) is 43.9. The lowest BCUT2D eigenvalue weighted by molar-refractivity contribution is -0.115.